The van der Waals surface area contributed by atoms with Gasteiger partial charge >= 0.3 is 0 Å². The van der Waals surface area contributed by atoms with Crippen LogP contribution in [-0.2, 0) is 0 Å². The van der Waals surface area contributed by atoms with Gasteiger partial charge in [0.15, 0.2) is 0 Å². The molecule has 17 heavy (non-hydrogen) atoms. The summed E-state index contributed by atoms with van der Waals surface area (Å²) < 4.78 is 0. The molecule has 3 nitrogen and oxygen atoms in total. The fourth-order valence-electron chi connectivity index (χ4n) is 2.49. The third-order valence-corrected chi connectivity index (χ3v) is 4.40. The van der Waals surface area contributed by atoms with Crippen LogP contribution in [-0.4, -0.2) is 15.5 Å². The summed E-state index contributed by atoms with van der Waals surface area (Å²) in [6.45, 7) is 2.26. The third-order valence-electron chi connectivity index (χ3n) is 3.43. The predicted molar refractivity (Wildman–Crippen MR) is 72.9 cm³/mol. The number of thiophene rings is 1. The van der Waals surface area contributed by atoms with Gasteiger partial charge in [0.2, 0.25) is 5.28 Å². The molecule has 0 aliphatic heterocycles. The molecule has 0 amide bonds. The monoisotopic (exact) mass is 267 g/mol. The van der Waals surface area contributed by atoms with Crippen LogP contribution in [0.2, 0.25) is 5.28 Å². The number of hydrogen-bond donors (Lipinski definition) is 1. The van der Waals surface area contributed by atoms with E-state index in [4.69, 9.17) is 11.6 Å². The minimum atomic E-state index is 0.159. The molecule has 2 aromatic rings. The van der Waals surface area contributed by atoms with Gasteiger partial charge in [0.05, 0.1) is 5.39 Å². The smallest absolute Gasteiger partial charge is 0.225 e. The van der Waals surface area contributed by atoms with Crippen molar-refractivity contribution < 1.29 is 0 Å². The molecule has 2 aromatic heterocycles. The summed E-state index contributed by atoms with van der Waals surface area (Å²) in [6.07, 6.45) is 4.96. The van der Waals surface area contributed by atoms with E-state index in [-0.39, 0.29) is 5.54 Å². The van der Waals surface area contributed by atoms with Gasteiger partial charge in [-0.2, -0.15) is 0 Å². The van der Waals surface area contributed by atoms with Crippen molar-refractivity contribution in [3.63, 3.8) is 0 Å². The highest BCUT2D eigenvalue weighted by molar-refractivity contribution is 7.16. The van der Waals surface area contributed by atoms with Crippen LogP contribution in [0.3, 0.4) is 0 Å². The van der Waals surface area contributed by atoms with Crippen LogP contribution in [0.4, 0.5) is 5.82 Å². The molecule has 2 heterocycles. The Labute approximate surface area is 109 Å². The molecule has 0 spiro atoms. The summed E-state index contributed by atoms with van der Waals surface area (Å²) in [5.74, 6) is 0.880. The molecular weight excluding hydrogens is 254 g/mol. The maximum atomic E-state index is 5.96. The van der Waals surface area contributed by atoms with E-state index in [0.717, 1.165) is 16.0 Å². The highest BCUT2D eigenvalue weighted by atomic mass is 35.5. The Morgan fingerprint density at radius 1 is 1.35 bits per heavy atom. The lowest BCUT2D eigenvalue weighted by Gasteiger charge is -2.26. The van der Waals surface area contributed by atoms with Crippen LogP contribution in [0.25, 0.3) is 10.2 Å². The van der Waals surface area contributed by atoms with E-state index >= 15 is 0 Å². The molecular formula is C12H14ClN3S. The number of fused-ring (bicyclic) bond motifs is 1. The maximum absolute atomic E-state index is 5.96. The number of hydrogen-bond acceptors (Lipinski definition) is 4. The first-order valence-electron chi connectivity index (χ1n) is 5.85. The van der Waals surface area contributed by atoms with E-state index in [1.807, 2.05) is 5.38 Å². The molecule has 1 aliphatic carbocycles. The van der Waals surface area contributed by atoms with E-state index in [1.165, 1.54) is 25.7 Å². The van der Waals surface area contributed by atoms with Crippen LogP contribution < -0.4 is 5.32 Å². The third kappa shape index (κ3) is 2.11. The Kier molecular flexibility index (Phi) is 2.71. The molecule has 1 N–H and O–H groups in total. The molecule has 0 radical (unpaired) electrons. The second-order valence-corrected chi connectivity index (χ2v) is 6.11. The zero-order valence-electron chi connectivity index (χ0n) is 9.66. The SMILES string of the molecule is CC1(Nc2nc(Cl)nc3sccc23)CCCC1. The van der Waals surface area contributed by atoms with Gasteiger partial charge in [-0.15, -0.1) is 11.3 Å². The summed E-state index contributed by atoms with van der Waals surface area (Å²) in [5.41, 5.74) is 0.159. The van der Waals surface area contributed by atoms with Crippen LogP contribution in [0.5, 0.6) is 0 Å². The lowest BCUT2D eigenvalue weighted by Crippen LogP contribution is -2.31. The molecule has 90 valence electrons. The van der Waals surface area contributed by atoms with E-state index < -0.39 is 0 Å². The first-order chi connectivity index (χ1) is 8.16. The van der Waals surface area contributed by atoms with Gasteiger partial charge in [-0.25, -0.2) is 9.97 Å². The highest BCUT2D eigenvalue weighted by Crippen LogP contribution is 2.35. The van der Waals surface area contributed by atoms with Gasteiger partial charge in [-0.3, -0.25) is 0 Å². The average Bonchev–Trinajstić information content (AvgIpc) is 2.86. The standard InChI is InChI=1S/C12H14ClN3S/c1-12(5-2-3-6-12)16-9-8-4-7-17-10(8)15-11(13)14-9/h4,7H,2-3,5-6H2,1H3,(H,14,15,16). The van der Waals surface area contributed by atoms with E-state index in [9.17, 15) is 0 Å². The normalized spacial score (nSPS) is 18.7. The average molecular weight is 268 g/mol. The van der Waals surface area contributed by atoms with Crippen molar-refractivity contribution >= 4 is 39.0 Å². The Hall–Kier alpha value is -0.870. The topological polar surface area (TPSA) is 37.8 Å². The second-order valence-electron chi connectivity index (χ2n) is 4.87. The summed E-state index contributed by atoms with van der Waals surface area (Å²) in [4.78, 5) is 9.51. The van der Waals surface area contributed by atoms with E-state index in [1.54, 1.807) is 11.3 Å². The summed E-state index contributed by atoms with van der Waals surface area (Å²) >= 11 is 7.55. The molecule has 0 aromatic carbocycles. The number of nitrogens with zero attached hydrogens (tertiary/aromatic N) is 2. The van der Waals surface area contributed by atoms with Crippen molar-refractivity contribution in [1.29, 1.82) is 0 Å². The zero-order chi connectivity index (χ0) is 11.9. The number of nitrogens with one attached hydrogen (secondary N) is 1. The van der Waals surface area contributed by atoms with Crippen molar-refractivity contribution in [1.82, 2.24) is 9.97 Å². The Balaban J connectivity index is 2.01. The first kappa shape index (κ1) is 11.2. The number of aromatic nitrogens is 2. The maximum Gasteiger partial charge on any atom is 0.225 e. The molecule has 0 bridgehead atoms. The molecule has 1 fully saturated rings. The summed E-state index contributed by atoms with van der Waals surface area (Å²) in [6, 6.07) is 2.05. The Morgan fingerprint density at radius 2 is 2.12 bits per heavy atom. The van der Waals surface area contributed by atoms with Gasteiger partial charge in [0, 0.05) is 5.54 Å². The van der Waals surface area contributed by atoms with Gasteiger partial charge in [-0.05, 0) is 42.8 Å². The molecule has 3 rings (SSSR count). The lowest BCUT2D eigenvalue weighted by atomic mass is 10.0. The van der Waals surface area contributed by atoms with Crippen LogP contribution in [0.15, 0.2) is 11.4 Å². The summed E-state index contributed by atoms with van der Waals surface area (Å²) in [5, 5.41) is 6.98. The molecule has 0 unspecified atom stereocenters. The first-order valence-corrected chi connectivity index (χ1v) is 7.11. The Morgan fingerprint density at radius 3 is 2.88 bits per heavy atom. The Bertz CT molecular complexity index is 546. The quantitative estimate of drug-likeness (QED) is 0.833. The molecule has 0 atom stereocenters. The van der Waals surface area contributed by atoms with Crippen molar-refractivity contribution in [2.24, 2.45) is 0 Å². The summed E-state index contributed by atoms with van der Waals surface area (Å²) in [7, 11) is 0. The fraction of sp³-hybridized carbons (Fsp3) is 0.500. The predicted octanol–water partition coefficient (Wildman–Crippen LogP) is 4.09. The molecule has 1 aliphatic rings. The fourth-order valence-corrected chi connectivity index (χ4v) is 3.47. The minimum absolute atomic E-state index is 0.159. The van der Waals surface area contributed by atoms with Crippen LogP contribution in [0, 0.1) is 0 Å². The van der Waals surface area contributed by atoms with Crippen molar-refractivity contribution in [3.8, 4) is 0 Å². The molecule has 1 saturated carbocycles. The number of anilines is 1. The second kappa shape index (κ2) is 4.10. The number of halogens is 1. The van der Waals surface area contributed by atoms with Crippen molar-refractivity contribution in [2.75, 3.05) is 5.32 Å². The van der Waals surface area contributed by atoms with Gasteiger partial charge in [0.25, 0.3) is 0 Å². The van der Waals surface area contributed by atoms with Crippen molar-refractivity contribution in [2.45, 2.75) is 38.1 Å². The van der Waals surface area contributed by atoms with Crippen LogP contribution >= 0.6 is 22.9 Å². The number of rotatable bonds is 2. The van der Waals surface area contributed by atoms with Gasteiger partial charge < -0.3 is 5.32 Å². The minimum Gasteiger partial charge on any atom is -0.364 e. The highest BCUT2D eigenvalue weighted by Gasteiger charge is 2.29. The van der Waals surface area contributed by atoms with Crippen LogP contribution in [0.1, 0.15) is 32.6 Å². The van der Waals surface area contributed by atoms with E-state index in [2.05, 4.69) is 28.3 Å². The zero-order valence-corrected chi connectivity index (χ0v) is 11.2. The molecule has 0 saturated heterocycles. The van der Waals surface area contributed by atoms with Gasteiger partial charge in [-0.1, -0.05) is 12.8 Å². The van der Waals surface area contributed by atoms with Crippen molar-refractivity contribution in [3.05, 3.63) is 16.7 Å². The molecule has 5 heteroatoms. The van der Waals surface area contributed by atoms with Gasteiger partial charge in [0.1, 0.15) is 10.6 Å². The van der Waals surface area contributed by atoms with E-state index in [0.29, 0.717) is 5.28 Å². The lowest BCUT2D eigenvalue weighted by molar-refractivity contribution is 0.531. The largest absolute Gasteiger partial charge is 0.364 e.